The molecule has 122 valence electrons. The topological polar surface area (TPSA) is 70.1 Å². The third-order valence-corrected chi connectivity index (χ3v) is 4.18. The average Bonchev–Trinajstić information content (AvgIpc) is 3.06. The third-order valence-electron chi connectivity index (χ3n) is 3.24. The van der Waals surface area contributed by atoms with Gasteiger partial charge < -0.3 is 15.7 Å². The van der Waals surface area contributed by atoms with E-state index in [1.165, 1.54) is 4.88 Å². The number of hydrogen-bond acceptors (Lipinski definition) is 6. The van der Waals surface area contributed by atoms with Gasteiger partial charge in [-0.25, -0.2) is 4.98 Å². The van der Waals surface area contributed by atoms with Gasteiger partial charge in [-0.1, -0.05) is 18.2 Å². The van der Waals surface area contributed by atoms with Crippen molar-refractivity contribution in [2.75, 3.05) is 30.3 Å². The van der Waals surface area contributed by atoms with Crippen molar-refractivity contribution < 1.29 is 5.11 Å². The molecule has 5 nitrogen and oxygen atoms in total. The van der Waals surface area contributed by atoms with Gasteiger partial charge in [-0.2, -0.15) is 4.98 Å². The molecule has 0 aliphatic rings. The van der Waals surface area contributed by atoms with Crippen LogP contribution in [0.4, 0.5) is 11.8 Å². The second kappa shape index (κ2) is 8.67. The molecule has 0 aliphatic heterocycles. The average molecular weight is 351 g/mol. The summed E-state index contributed by atoms with van der Waals surface area (Å²) in [4.78, 5) is 10.4. The van der Waals surface area contributed by atoms with Gasteiger partial charge in [0.05, 0.1) is 12.1 Å². The molecule has 2 heterocycles. The highest BCUT2D eigenvalue weighted by Crippen LogP contribution is 2.21. The number of fused-ring (bicyclic) bond motifs is 1. The van der Waals surface area contributed by atoms with Crippen molar-refractivity contribution in [3.63, 3.8) is 0 Å². The Morgan fingerprint density at radius 2 is 1.87 bits per heavy atom. The maximum absolute atomic E-state index is 9.00. The van der Waals surface area contributed by atoms with E-state index in [2.05, 4.69) is 38.1 Å². The zero-order valence-corrected chi connectivity index (χ0v) is 14.2. The predicted octanol–water partition coefficient (Wildman–Crippen LogP) is 3.17. The number of thiophene rings is 1. The number of aliphatic hydroxyl groups excluding tert-OH is 1. The molecule has 0 atom stereocenters. The quantitative estimate of drug-likeness (QED) is 0.610. The van der Waals surface area contributed by atoms with Gasteiger partial charge >= 0.3 is 0 Å². The van der Waals surface area contributed by atoms with Crippen LogP contribution in [0, 0.1) is 0 Å². The van der Waals surface area contributed by atoms with Crippen LogP contribution < -0.4 is 10.6 Å². The monoisotopic (exact) mass is 350 g/mol. The number of aromatic nitrogens is 2. The Bertz CT molecular complexity index is 736. The van der Waals surface area contributed by atoms with Gasteiger partial charge in [-0.15, -0.1) is 23.7 Å². The minimum Gasteiger partial charge on any atom is -0.395 e. The number of nitrogens with one attached hydrogen (secondary N) is 2. The number of benzene rings is 1. The molecule has 0 fully saturated rings. The smallest absolute Gasteiger partial charge is 0.225 e. The van der Waals surface area contributed by atoms with Crippen molar-refractivity contribution in [2.45, 2.75) is 6.42 Å². The zero-order valence-electron chi connectivity index (χ0n) is 12.5. The maximum Gasteiger partial charge on any atom is 0.225 e. The third kappa shape index (κ3) is 4.54. The first-order valence-corrected chi connectivity index (χ1v) is 8.12. The van der Waals surface area contributed by atoms with E-state index in [1.54, 1.807) is 11.3 Å². The van der Waals surface area contributed by atoms with Gasteiger partial charge in [0.15, 0.2) is 0 Å². The Kier molecular flexibility index (Phi) is 6.58. The molecule has 0 saturated carbocycles. The normalized spacial score (nSPS) is 10.3. The summed E-state index contributed by atoms with van der Waals surface area (Å²) < 4.78 is 0. The van der Waals surface area contributed by atoms with Gasteiger partial charge in [0.2, 0.25) is 5.95 Å². The fraction of sp³-hybridized carbons (Fsp3) is 0.250. The van der Waals surface area contributed by atoms with E-state index in [9.17, 15) is 0 Å². The summed E-state index contributed by atoms with van der Waals surface area (Å²) in [5, 5.41) is 18.5. The predicted molar refractivity (Wildman–Crippen MR) is 98.9 cm³/mol. The van der Waals surface area contributed by atoms with Crippen LogP contribution in [0.15, 0.2) is 41.8 Å². The summed E-state index contributed by atoms with van der Waals surface area (Å²) in [6, 6.07) is 12.0. The Labute approximate surface area is 145 Å². The van der Waals surface area contributed by atoms with Gasteiger partial charge in [0.1, 0.15) is 5.82 Å². The lowest BCUT2D eigenvalue weighted by atomic mass is 10.2. The van der Waals surface area contributed by atoms with Crippen LogP contribution in [0.2, 0.25) is 0 Å². The van der Waals surface area contributed by atoms with Crippen LogP contribution in [0.1, 0.15) is 4.88 Å². The van der Waals surface area contributed by atoms with E-state index in [0.717, 1.165) is 29.7 Å². The van der Waals surface area contributed by atoms with Crippen LogP contribution in [0.3, 0.4) is 0 Å². The number of nitrogens with zero attached hydrogens (tertiary/aromatic N) is 2. The molecule has 3 N–H and O–H groups in total. The number of hydrogen-bond donors (Lipinski definition) is 3. The van der Waals surface area contributed by atoms with Crippen molar-refractivity contribution >= 4 is 46.4 Å². The first-order valence-electron chi connectivity index (χ1n) is 7.24. The van der Waals surface area contributed by atoms with Gasteiger partial charge in [-0.05, 0) is 30.0 Å². The highest BCUT2D eigenvalue weighted by molar-refractivity contribution is 7.09. The number of anilines is 2. The summed E-state index contributed by atoms with van der Waals surface area (Å²) in [6.07, 6.45) is 0.952. The molecule has 0 spiro atoms. The molecule has 3 aromatic rings. The van der Waals surface area contributed by atoms with Crippen LogP contribution >= 0.6 is 23.7 Å². The van der Waals surface area contributed by atoms with Crippen molar-refractivity contribution in [3.8, 4) is 0 Å². The molecular weight excluding hydrogens is 332 g/mol. The summed E-state index contributed by atoms with van der Waals surface area (Å²) in [7, 11) is 0. The molecule has 0 saturated heterocycles. The SMILES string of the molecule is Cl.OCCNc1nc(NCCc2cccs2)nc2ccccc12. The highest BCUT2D eigenvalue weighted by Gasteiger charge is 2.06. The lowest BCUT2D eigenvalue weighted by Gasteiger charge is -2.11. The van der Waals surface area contributed by atoms with Crippen LogP contribution in [0.5, 0.6) is 0 Å². The molecular formula is C16H19ClN4OS. The molecule has 23 heavy (non-hydrogen) atoms. The van der Waals surface area contributed by atoms with E-state index in [4.69, 9.17) is 5.11 Å². The molecule has 0 unspecified atom stereocenters. The Balaban J connectivity index is 0.00000192. The second-order valence-electron chi connectivity index (χ2n) is 4.82. The summed E-state index contributed by atoms with van der Waals surface area (Å²) >= 11 is 1.75. The lowest BCUT2D eigenvalue weighted by Crippen LogP contribution is -2.12. The Morgan fingerprint density at radius 1 is 1.00 bits per heavy atom. The minimum absolute atomic E-state index is 0. The summed E-state index contributed by atoms with van der Waals surface area (Å²) in [6.45, 7) is 1.33. The van der Waals surface area contributed by atoms with E-state index in [1.807, 2.05) is 24.3 Å². The number of aliphatic hydroxyl groups is 1. The summed E-state index contributed by atoms with van der Waals surface area (Å²) in [5.41, 5.74) is 0.886. The zero-order chi connectivity index (χ0) is 15.2. The molecule has 3 rings (SSSR count). The van der Waals surface area contributed by atoms with Crippen LogP contribution in [0.25, 0.3) is 10.9 Å². The van der Waals surface area contributed by atoms with Gasteiger partial charge in [0, 0.05) is 23.4 Å². The molecule has 1 aromatic carbocycles. The standard InChI is InChI=1S/C16H18N4OS.ClH/c21-10-9-17-15-13-5-1-2-6-14(13)19-16(20-15)18-8-7-12-4-3-11-22-12;/h1-6,11,21H,7-10H2,(H2,17,18,19,20);1H. The van der Waals surface area contributed by atoms with Crippen molar-refractivity contribution in [2.24, 2.45) is 0 Å². The molecule has 0 amide bonds. The fourth-order valence-electron chi connectivity index (χ4n) is 2.22. The molecule has 0 bridgehead atoms. The van der Waals surface area contributed by atoms with E-state index < -0.39 is 0 Å². The number of para-hydroxylation sites is 1. The molecule has 7 heteroatoms. The molecule has 2 aromatic heterocycles. The molecule has 0 radical (unpaired) electrons. The van der Waals surface area contributed by atoms with E-state index in [-0.39, 0.29) is 19.0 Å². The van der Waals surface area contributed by atoms with Gasteiger partial charge in [-0.3, -0.25) is 0 Å². The summed E-state index contributed by atoms with van der Waals surface area (Å²) in [5.74, 6) is 1.36. The van der Waals surface area contributed by atoms with E-state index in [0.29, 0.717) is 12.5 Å². The van der Waals surface area contributed by atoms with Crippen molar-refractivity contribution in [1.82, 2.24) is 9.97 Å². The second-order valence-corrected chi connectivity index (χ2v) is 5.85. The van der Waals surface area contributed by atoms with Crippen LogP contribution in [-0.4, -0.2) is 34.8 Å². The maximum atomic E-state index is 9.00. The molecule has 0 aliphatic carbocycles. The van der Waals surface area contributed by atoms with Crippen molar-refractivity contribution in [1.29, 1.82) is 0 Å². The Hall–Kier alpha value is -1.89. The lowest BCUT2D eigenvalue weighted by molar-refractivity contribution is 0.311. The fourth-order valence-corrected chi connectivity index (χ4v) is 2.93. The van der Waals surface area contributed by atoms with Gasteiger partial charge in [0.25, 0.3) is 0 Å². The minimum atomic E-state index is 0. The van der Waals surface area contributed by atoms with Crippen LogP contribution in [-0.2, 0) is 6.42 Å². The number of rotatable bonds is 7. The first kappa shape index (κ1) is 17.5. The number of halogens is 1. The Morgan fingerprint density at radius 3 is 2.65 bits per heavy atom. The largest absolute Gasteiger partial charge is 0.395 e. The highest BCUT2D eigenvalue weighted by atomic mass is 35.5. The first-order chi connectivity index (χ1) is 10.9. The van der Waals surface area contributed by atoms with E-state index >= 15 is 0 Å². The van der Waals surface area contributed by atoms with Crippen molar-refractivity contribution in [3.05, 3.63) is 46.7 Å².